The lowest BCUT2D eigenvalue weighted by molar-refractivity contribution is 0.307. The molecule has 5 nitrogen and oxygen atoms in total. The van der Waals surface area contributed by atoms with Crippen molar-refractivity contribution in [2.75, 3.05) is 6.61 Å². The van der Waals surface area contributed by atoms with Crippen LogP contribution in [0.5, 0.6) is 5.88 Å². The molecule has 0 spiro atoms. The van der Waals surface area contributed by atoms with Crippen molar-refractivity contribution in [3.05, 3.63) is 34.2 Å². The Hall–Kier alpha value is -1.53. The SMILES string of the molecule is Cc1ncsc1CCOc1cncc(CN)n1. The van der Waals surface area contributed by atoms with E-state index in [1.165, 1.54) is 4.88 Å². The standard InChI is InChI=1S/C11H14N4OS/c1-8-10(17-7-14-8)2-3-16-11-6-13-5-9(4-12)15-11/h5-7H,2-4,12H2,1H3. The van der Waals surface area contributed by atoms with Crippen LogP contribution in [0.3, 0.4) is 0 Å². The summed E-state index contributed by atoms with van der Waals surface area (Å²) in [5.41, 5.74) is 9.13. The molecule has 2 aromatic heterocycles. The second-order valence-corrected chi connectivity index (χ2v) is 4.45. The van der Waals surface area contributed by atoms with Crippen LogP contribution in [0.15, 0.2) is 17.9 Å². The Morgan fingerprint density at radius 2 is 2.29 bits per heavy atom. The third kappa shape index (κ3) is 3.21. The molecule has 0 aliphatic carbocycles. The second kappa shape index (κ2) is 5.70. The van der Waals surface area contributed by atoms with Crippen molar-refractivity contribution in [1.29, 1.82) is 0 Å². The third-order valence-corrected chi connectivity index (χ3v) is 3.29. The average Bonchev–Trinajstić information content (AvgIpc) is 2.76. The van der Waals surface area contributed by atoms with Crippen LogP contribution in [0.4, 0.5) is 0 Å². The first-order chi connectivity index (χ1) is 8.29. The number of aryl methyl sites for hydroxylation is 1. The fourth-order valence-corrected chi connectivity index (χ4v) is 2.13. The van der Waals surface area contributed by atoms with E-state index in [0.717, 1.165) is 17.8 Å². The molecule has 0 amide bonds. The van der Waals surface area contributed by atoms with Gasteiger partial charge in [0.2, 0.25) is 5.88 Å². The molecule has 0 saturated carbocycles. The normalized spacial score (nSPS) is 10.5. The Morgan fingerprint density at radius 3 is 3.00 bits per heavy atom. The van der Waals surface area contributed by atoms with Gasteiger partial charge < -0.3 is 10.5 Å². The molecular formula is C11H14N4OS. The van der Waals surface area contributed by atoms with Gasteiger partial charge in [0.1, 0.15) is 0 Å². The molecule has 6 heteroatoms. The van der Waals surface area contributed by atoms with Crippen LogP contribution in [0.1, 0.15) is 16.3 Å². The Morgan fingerprint density at radius 1 is 1.41 bits per heavy atom. The van der Waals surface area contributed by atoms with Crippen molar-refractivity contribution in [1.82, 2.24) is 15.0 Å². The highest BCUT2D eigenvalue weighted by Gasteiger charge is 2.03. The summed E-state index contributed by atoms with van der Waals surface area (Å²) in [6.07, 6.45) is 4.07. The highest BCUT2D eigenvalue weighted by Crippen LogP contribution is 2.13. The number of nitrogens with two attached hydrogens (primary N) is 1. The quantitative estimate of drug-likeness (QED) is 0.866. The van der Waals surface area contributed by atoms with Crippen LogP contribution in [0.25, 0.3) is 0 Å². The summed E-state index contributed by atoms with van der Waals surface area (Å²) in [7, 11) is 0. The zero-order valence-corrected chi connectivity index (χ0v) is 10.4. The fraction of sp³-hybridized carbons (Fsp3) is 0.364. The van der Waals surface area contributed by atoms with Gasteiger partial charge in [-0.25, -0.2) is 9.97 Å². The largest absolute Gasteiger partial charge is 0.476 e. The third-order valence-electron chi connectivity index (χ3n) is 2.30. The molecular weight excluding hydrogens is 236 g/mol. The van der Waals surface area contributed by atoms with Crippen LogP contribution in [0.2, 0.25) is 0 Å². The minimum atomic E-state index is 0.373. The van der Waals surface area contributed by atoms with Gasteiger partial charge in [-0.05, 0) is 6.92 Å². The van der Waals surface area contributed by atoms with Gasteiger partial charge >= 0.3 is 0 Å². The van der Waals surface area contributed by atoms with Gasteiger partial charge in [0, 0.05) is 24.0 Å². The van der Waals surface area contributed by atoms with E-state index in [9.17, 15) is 0 Å². The van der Waals surface area contributed by atoms with Gasteiger partial charge in [0.15, 0.2) is 0 Å². The van der Waals surface area contributed by atoms with Crippen LogP contribution in [0, 0.1) is 6.92 Å². The van der Waals surface area contributed by atoms with Crippen LogP contribution in [-0.2, 0) is 13.0 Å². The summed E-state index contributed by atoms with van der Waals surface area (Å²) in [5.74, 6) is 0.523. The number of nitrogens with zero attached hydrogens (tertiary/aromatic N) is 3. The summed E-state index contributed by atoms with van der Waals surface area (Å²) >= 11 is 1.65. The zero-order chi connectivity index (χ0) is 12.1. The van der Waals surface area contributed by atoms with Gasteiger partial charge in [-0.1, -0.05) is 0 Å². The monoisotopic (exact) mass is 250 g/mol. The molecule has 0 radical (unpaired) electrons. The van der Waals surface area contributed by atoms with Gasteiger partial charge in [0.25, 0.3) is 0 Å². The van der Waals surface area contributed by atoms with Gasteiger partial charge in [-0.15, -0.1) is 11.3 Å². The molecule has 2 N–H and O–H groups in total. The first kappa shape index (κ1) is 11.9. The Bertz CT molecular complexity index is 486. The lowest BCUT2D eigenvalue weighted by atomic mass is 10.3. The smallest absolute Gasteiger partial charge is 0.232 e. The van der Waals surface area contributed by atoms with Crippen molar-refractivity contribution >= 4 is 11.3 Å². The summed E-state index contributed by atoms with van der Waals surface area (Å²) in [6.45, 7) is 2.95. The molecule has 0 aromatic carbocycles. The van der Waals surface area contributed by atoms with E-state index in [1.54, 1.807) is 23.7 Å². The predicted octanol–water partition coefficient (Wildman–Crippen LogP) is 1.32. The average molecular weight is 250 g/mol. The molecule has 17 heavy (non-hydrogen) atoms. The summed E-state index contributed by atoms with van der Waals surface area (Å²) in [4.78, 5) is 13.7. The maximum Gasteiger partial charge on any atom is 0.232 e. The van der Waals surface area contributed by atoms with Crippen molar-refractivity contribution in [3.8, 4) is 5.88 Å². The molecule has 0 atom stereocenters. The maximum absolute atomic E-state index is 5.53. The molecule has 0 aliphatic rings. The Labute approximate surface area is 104 Å². The molecule has 0 saturated heterocycles. The topological polar surface area (TPSA) is 73.9 Å². The number of rotatable bonds is 5. The van der Waals surface area contributed by atoms with Crippen LogP contribution in [-0.4, -0.2) is 21.6 Å². The number of ether oxygens (including phenoxy) is 1. The van der Waals surface area contributed by atoms with Crippen LogP contribution >= 0.6 is 11.3 Å². The number of thiazole rings is 1. The maximum atomic E-state index is 5.53. The van der Waals surface area contributed by atoms with Crippen molar-refractivity contribution in [2.24, 2.45) is 5.73 Å². The Balaban J connectivity index is 1.87. The first-order valence-electron chi connectivity index (χ1n) is 5.32. The van der Waals surface area contributed by atoms with E-state index in [4.69, 9.17) is 10.5 Å². The number of aromatic nitrogens is 3. The van der Waals surface area contributed by atoms with Gasteiger partial charge in [0.05, 0.1) is 29.7 Å². The number of hydrogen-bond donors (Lipinski definition) is 1. The highest BCUT2D eigenvalue weighted by molar-refractivity contribution is 7.09. The molecule has 2 rings (SSSR count). The fourth-order valence-electron chi connectivity index (χ4n) is 1.37. The minimum Gasteiger partial charge on any atom is -0.476 e. The number of hydrogen-bond acceptors (Lipinski definition) is 6. The van der Waals surface area contributed by atoms with E-state index in [1.807, 2.05) is 12.4 Å². The Kier molecular flexibility index (Phi) is 4.00. The molecule has 0 bridgehead atoms. The van der Waals surface area contributed by atoms with Crippen molar-refractivity contribution in [2.45, 2.75) is 19.9 Å². The van der Waals surface area contributed by atoms with Gasteiger partial charge in [-0.3, -0.25) is 4.98 Å². The second-order valence-electron chi connectivity index (χ2n) is 3.51. The molecule has 0 unspecified atom stereocenters. The zero-order valence-electron chi connectivity index (χ0n) is 9.59. The van der Waals surface area contributed by atoms with E-state index in [0.29, 0.717) is 19.0 Å². The van der Waals surface area contributed by atoms with Crippen LogP contribution < -0.4 is 10.5 Å². The summed E-state index contributed by atoms with van der Waals surface area (Å²) in [5, 5.41) is 0. The summed E-state index contributed by atoms with van der Waals surface area (Å²) < 4.78 is 5.53. The summed E-state index contributed by atoms with van der Waals surface area (Å²) in [6, 6.07) is 0. The molecule has 2 aromatic rings. The van der Waals surface area contributed by atoms with Crippen molar-refractivity contribution in [3.63, 3.8) is 0 Å². The lowest BCUT2D eigenvalue weighted by Crippen LogP contribution is -2.06. The molecule has 0 aliphatic heterocycles. The van der Waals surface area contributed by atoms with E-state index in [2.05, 4.69) is 15.0 Å². The van der Waals surface area contributed by atoms with E-state index < -0.39 is 0 Å². The molecule has 90 valence electrons. The highest BCUT2D eigenvalue weighted by atomic mass is 32.1. The minimum absolute atomic E-state index is 0.373. The van der Waals surface area contributed by atoms with Gasteiger partial charge in [-0.2, -0.15) is 0 Å². The molecule has 2 heterocycles. The lowest BCUT2D eigenvalue weighted by Gasteiger charge is -2.05. The molecule has 0 fully saturated rings. The van der Waals surface area contributed by atoms with E-state index in [-0.39, 0.29) is 0 Å². The van der Waals surface area contributed by atoms with Crippen molar-refractivity contribution < 1.29 is 4.74 Å². The first-order valence-corrected chi connectivity index (χ1v) is 6.20. The van der Waals surface area contributed by atoms with E-state index >= 15 is 0 Å². The predicted molar refractivity (Wildman–Crippen MR) is 66.0 cm³/mol.